The van der Waals surface area contributed by atoms with Gasteiger partial charge in [0.25, 0.3) is 0 Å². The molecule has 0 saturated carbocycles. The van der Waals surface area contributed by atoms with Crippen LogP contribution < -0.4 is 20.1 Å². The van der Waals surface area contributed by atoms with Gasteiger partial charge in [-0.05, 0) is 44.0 Å². The number of nitrogens with one attached hydrogen (secondary N) is 2. The number of benzene rings is 1. The molecule has 14 heteroatoms. The van der Waals surface area contributed by atoms with Gasteiger partial charge in [-0.15, -0.1) is 5.10 Å². The monoisotopic (exact) mass is 720 g/mol. The van der Waals surface area contributed by atoms with E-state index in [-0.39, 0.29) is 12.6 Å². The molecule has 0 spiro atoms. The molecule has 0 atom stereocenters. The van der Waals surface area contributed by atoms with Gasteiger partial charge in [0.2, 0.25) is 11.8 Å². The number of piperidine rings is 1. The molecule has 4 aromatic heterocycles. The zero-order valence-corrected chi connectivity index (χ0v) is 29.7. The van der Waals surface area contributed by atoms with Gasteiger partial charge in [0.1, 0.15) is 0 Å². The first-order valence-corrected chi connectivity index (χ1v) is 17.2. The number of likely N-dealkylation sites (tertiary alicyclic amines) is 1. The minimum absolute atomic E-state index is 0.122. The summed E-state index contributed by atoms with van der Waals surface area (Å²) < 4.78 is 25.5. The molecule has 1 fully saturated rings. The Hall–Kier alpha value is -4.36. The molecule has 1 aromatic carbocycles. The predicted molar refractivity (Wildman–Crippen MR) is 192 cm³/mol. The molecule has 262 valence electrons. The van der Waals surface area contributed by atoms with Gasteiger partial charge in [-0.25, -0.2) is 14.5 Å². The van der Waals surface area contributed by atoms with Crippen LogP contribution in [0, 0.1) is 0 Å². The van der Waals surface area contributed by atoms with Crippen molar-refractivity contribution in [2.24, 2.45) is 0 Å². The lowest BCUT2D eigenvalue weighted by Crippen LogP contribution is -2.44. The normalized spacial score (nSPS) is 13.6. The molecule has 0 aliphatic carbocycles. The van der Waals surface area contributed by atoms with E-state index < -0.39 is 0 Å². The summed E-state index contributed by atoms with van der Waals surface area (Å²) in [5, 5.41) is 12.2. The van der Waals surface area contributed by atoms with E-state index in [1.54, 1.807) is 38.1 Å². The lowest BCUT2D eigenvalue weighted by Gasteiger charge is -2.31. The molecular weight excluding hydrogens is 682 g/mol. The Balaban J connectivity index is 1.25. The van der Waals surface area contributed by atoms with Gasteiger partial charge in [-0.1, -0.05) is 47.5 Å². The lowest BCUT2D eigenvalue weighted by atomic mass is 9.99. The summed E-state index contributed by atoms with van der Waals surface area (Å²) in [6.45, 7) is 4.27. The molecule has 0 bridgehead atoms. The lowest BCUT2D eigenvalue weighted by molar-refractivity contribution is -0.129. The Bertz CT molecular complexity index is 1980. The number of nitrogens with zero attached hydrogens (tertiary/aromatic N) is 6. The average Bonchev–Trinajstić information content (AvgIpc) is 3.55. The molecule has 11 nitrogen and oxygen atoms in total. The molecule has 5 aromatic rings. The van der Waals surface area contributed by atoms with E-state index in [2.05, 4.69) is 25.7 Å². The summed E-state index contributed by atoms with van der Waals surface area (Å²) in [7, 11) is 3.17. The van der Waals surface area contributed by atoms with Gasteiger partial charge in [-0.3, -0.25) is 14.2 Å². The summed E-state index contributed by atoms with van der Waals surface area (Å²) in [4.78, 5) is 27.6. The zero-order chi connectivity index (χ0) is 35.2. The van der Waals surface area contributed by atoms with Crippen LogP contribution in [0.4, 0.5) is 4.39 Å². The molecule has 1 aliphatic heterocycles. The van der Waals surface area contributed by atoms with Crippen molar-refractivity contribution >= 4 is 34.8 Å². The number of alkyl halides is 1. The molecule has 1 saturated heterocycles. The van der Waals surface area contributed by atoms with Crippen molar-refractivity contribution in [1.29, 1.82) is 0 Å². The molecular formula is C36H39Cl2FN8O3. The number of amides is 1. The Morgan fingerprint density at radius 3 is 2.52 bits per heavy atom. The maximum Gasteiger partial charge on any atom is 0.219 e. The van der Waals surface area contributed by atoms with Crippen LogP contribution in [0.3, 0.4) is 0 Å². The zero-order valence-electron chi connectivity index (χ0n) is 28.2. The van der Waals surface area contributed by atoms with Crippen LogP contribution >= 0.6 is 23.2 Å². The van der Waals surface area contributed by atoms with Gasteiger partial charge in [0.05, 0.1) is 48.9 Å². The van der Waals surface area contributed by atoms with Crippen LogP contribution in [0.25, 0.3) is 39.3 Å². The molecule has 0 radical (unpaired) electrons. The van der Waals surface area contributed by atoms with Crippen molar-refractivity contribution in [3.8, 4) is 45.3 Å². The van der Waals surface area contributed by atoms with E-state index in [0.717, 1.165) is 42.6 Å². The van der Waals surface area contributed by atoms with Crippen molar-refractivity contribution in [3.63, 3.8) is 0 Å². The number of ether oxygens (including phenoxy) is 2. The van der Waals surface area contributed by atoms with Crippen LogP contribution in [0.5, 0.6) is 11.6 Å². The van der Waals surface area contributed by atoms with E-state index in [4.69, 9.17) is 37.7 Å². The summed E-state index contributed by atoms with van der Waals surface area (Å²) >= 11 is 14.2. The van der Waals surface area contributed by atoms with Crippen molar-refractivity contribution in [2.75, 3.05) is 40.5 Å². The number of rotatable bonds is 13. The van der Waals surface area contributed by atoms with Crippen molar-refractivity contribution in [3.05, 3.63) is 76.3 Å². The SMILES string of the molecule is COc1nc(-c2cccc(-c3ccnc(-c4cc(OC)c5nc(CNCCCF)nn5c4)c3Cl)c2Cl)ccc1CNC1CCN(C(C)=O)CC1. The second-order valence-electron chi connectivity index (χ2n) is 12.0. The first-order chi connectivity index (χ1) is 24.3. The van der Waals surface area contributed by atoms with Gasteiger partial charge >= 0.3 is 0 Å². The Morgan fingerprint density at radius 2 is 1.78 bits per heavy atom. The van der Waals surface area contributed by atoms with E-state index in [0.29, 0.717) is 87.8 Å². The minimum atomic E-state index is -0.382. The van der Waals surface area contributed by atoms with Gasteiger partial charge in [-0.2, -0.15) is 0 Å². The number of halogens is 3. The highest BCUT2D eigenvalue weighted by Gasteiger charge is 2.22. The summed E-state index contributed by atoms with van der Waals surface area (Å²) in [6, 6.07) is 13.6. The van der Waals surface area contributed by atoms with Crippen LogP contribution in [0.15, 0.2) is 54.9 Å². The molecule has 50 heavy (non-hydrogen) atoms. The van der Waals surface area contributed by atoms with E-state index in [1.165, 1.54) is 0 Å². The molecule has 6 rings (SSSR count). The Kier molecular flexibility index (Phi) is 11.4. The van der Waals surface area contributed by atoms with Crippen LogP contribution in [-0.2, 0) is 17.9 Å². The third kappa shape index (κ3) is 7.68. The Labute approximate surface area is 300 Å². The first kappa shape index (κ1) is 35.5. The minimum Gasteiger partial charge on any atom is -0.493 e. The molecule has 1 aliphatic rings. The molecule has 5 heterocycles. The quantitative estimate of drug-likeness (QED) is 0.133. The molecule has 2 N–H and O–H groups in total. The van der Waals surface area contributed by atoms with Crippen molar-refractivity contribution in [2.45, 2.75) is 45.3 Å². The maximum atomic E-state index is 12.5. The van der Waals surface area contributed by atoms with E-state index in [1.807, 2.05) is 47.4 Å². The second kappa shape index (κ2) is 16.1. The third-order valence-electron chi connectivity index (χ3n) is 8.82. The number of carbonyl (C=O) groups is 1. The summed E-state index contributed by atoms with van der Waals surface area (Å²) in [5.74, 6) is 1.69. The highest BCUT2D eigenvalue weighted by molar-refractivity contribution is 6.39. The number of aromatic nitrogens is 5. The molecule has 1 amide bonds. The fourth-order valence-electron chi connectivity index (χ4n) is 6.12. The molecule has 0 unspecified atom stereocenters. The smallest absolute Gasteiger partial charge is 0.219 e. The van der Waals surface area contributed by atoms with Crippen molar-refractivity contribution in [1.82, 2.24) is 40.1 Å². The fraction of sp³-hybridized carbons (Fsp3) is 0.361. The maximum absolute atomic E-state index is 12.5. The van der Waals surface area contributed by atoms with E-state index in [9.17, 15) is 9.18 Å². The van der Waals surface area contributed by atoms with Gasteiger partial charge in [0.15, 0.2) is 17.2 Å². The van der Waals surface area contributed by atoms with Crippen LogP contribution in [-0.4, -0.2) is 81.9 Å². The predicted octanol–water partition coefficient (Wildman–Crippen LogP) is 6.39. The summed E-state index contributed by atoms with van der Waals surface area (Å²) in [5.41, 5.74) is 5.48. The standard InChI is InChI=1S/C36H39Cl2FN8O3/c1-22(48)46-16-11-25(12-17-46)42-19-23-8-9-29(43-36(23)50-3)28-7-4-6-26(32(28)37)27-10-15-41-34(33(27)38)24-18-30(49-2)35-44-31(45-47(35)21-24)20-40-14-5-13-39/h4,6-10,15,18,21,25,40,42H,5,11-14,16-17,19-20H2,1-3H3. The number of methoxy groups -OCH3 is 2. The van der Waals surface area contributed by atoms with Gasteiger partial charge < -0.3 is 25.0 Å². The number of hydrogen-bond donors (Lipinski definition) is 2. The third-order valence-corrected chi connectivity index (χ3v) is 9.60. The Morgan fingerprint density at radius 1 is 1.00 bits per heavy atom. The highest BCUT2D eigenvalue weighted by atomic mass is 35.5. The van der Waals surface area contributed by atoms with E-state index >= 15 is 0 Å². The number of fused-ring (bicyclic) bond motifs is 1. The topological polar surface area (TPSA) is 119 Å². The highest BCUT2D eigenvalue weighted by Crippen LogP contribution is 2.42. The number of pyridine rings is 3. The number of hydrogen-bond acceptors (Lipinski definition) is 9. The largest absolute Gasteiger partial charge is 0.493 e. The van der Waals surface area contributed by atoms with Gasteiger partial charge in [0, 0.05) is 72.8 Å². The summed E-state index contributed by atoms with van der Waals surface area (Å²) in [6.07, 6.45) is 5.71. The number of carbonyl (C=O) groups excluding carboxylic acids is 1. The van der Waals surface area contributed by atoms with Crippen LogP contribution in [0.1, 0.15) is 37.6 Å². The second-order valence-corrected chi connectivity index (χ2v) is 12.8. The average molecular weight is 722 g/mol. The van der Waals surface area contributed by atoms with Crippen LogP contribution in [0.2, 0.25) is 10.0 Å². The first-order valence-electron chi connectivity index (χ1n) is 16.5. The fourth-order valence-corrected chi connectivity index (χ4v) is 6.77. The van der Waals surface area contributed by atoms with Crippen molar-refractivity contribution < 1.29 is 18.7 Å².